The van der Waals surface area contributed by atoms with E-state index in [2.05, 4.69) is 20.5 Å². The molecule has 1 aliphatic rings. The third-order valence-electron chi connectivity index (χ3n) is 6.72. The number of pyridine rings is 1. The quantitative estimate of drug-likeness (QED) is 0.399. The number of amides is 3. The molecular formula is C29H34FN5O4. The van der Waals surface area contributed by atoms with Gasteiger partial charge in [0.1, 0.15) is 17.7 Å². The lowest BCUT2D eigenvalue weighted by Crippen LogP contribution is -2.49. The summed E-state index contributed by atoms with van der Waals surface area (Å²) in [5.41, 5.74) is 2.24. The number of carbonyl (C=O) groups excluding carboxylic acids is 2. The summed E-state index contributed by atoms with van der Waals surface area (Å²) in [7, 11) is 2.02. The van der Waals surface area contributed by atoms with E-state index < -0.39 is 17.9 Å². The first-order chi connectivity index (χ1) is 18.7. The molecule has 3 amide bonds. The van der Waals surface area contributed by atoms with Crippen LogP contribution in [0.3, 0.4) is 0 Å². The molecule has 0 saturated carbocycles. The van der Waals surface area contributed by atoms with Crippen LogP contribution in [0.5, 0.6) is 5.75 Å². The highest BCUT2D eigenvalue weighted by atomic mass is 19.1. The lowest BCUT2D eigenvalue weighted by atomic mass is 9.99. The topological polar surface area (TPSA) is 107 Å². The molecule has 10 heteroatoms. The van der Waals surface area contributed by atoms with Crippen molar-refractivity contribution in [1.82, 2.24) is 14.8 Å². The Morgan fingerprint density at radius 1 is 1.15 bits per heavy atom. The summed E-state index contributed by atoms with van der Waals surface area (Å²) >= 11 is 0. The number of ether oxygens (including phenoxy) is 1. The van der Waals surface area contributed by atoms with Crippen LogP contribution in [0.1, 0.15) is 29.8 Å². The van der Waals surface area contributed by atoms with E-state index in [1.807, 2.05) is 26.1 Å². The van der Waals surface area contributed by atoms with Crippen molar-refractivity contribution in [3.63, 3.8) is 0 Å². The van der Waals surface area contributed by atoms with Crippen LogP contribution >= 0.6 is 0 Å². The van der Waals surface area contributed by atoms with E-state index in [1.54, 1.807) is 42.4 Å². The molecular weight excluding hydrogens is 501 g/mol. The maximum atomic E-state index is 13.6. The van der Waals surface area contributed by atoms with Crippen molar-refractivity contribution in [2.24, 2.45) is 5.92 Å². The predicted octanol–water partition coefficient (Wildman–Crippen LogP) is 4.22. The largest absolute Gasteiger partial charge is 0.488 e. The zero-order valence-corrected chi connectivity index (χ0v) is 22.3. The molecule has 3 atom stereocenters. The fraction of sp³-hybridized carbons (Fsp3) is 0.345. The van der Waals surface area contributed by atoms with Gasteiger partial charge in [0.2, 0.25) is 0 Å². The second kappa shape index (κ2) is 12.7. The van der Waals surface area contributed by atoms with E-state index in [9.17, 15) is 19.1 Å². The Kier molecular flexibility index (Phi) is 9.11. The number of benzene rings is 2. The van der Waals surface area contributed by atoms with Gasteiger partial charge in [-0.3, -0.25) is 14.7 Å². The predicted molar refractivity (Wildman–Crippen MR) is 147 cm³/mol. The number of aliphatic hydroxyl groups is 1. The normalized spacial score (nSPS) is 18.0. The van der Waals surface area contributed by atoms with Gasteiger partial charge in [-0.05, 0) is 74.1 Å². The Labute approximate surface area is 227 Å². The molecule has 4 rings (SSSR count). The standard InChI is InChI=1S/C29H34FN5O4/c1-19-15-35(20(2)18-36)28(37)25-14-24(33-29(38)32-23-6-4-22(30)5-7-23)8-9-26(25)39-27(19)17-34(3)16-21-10-12-31-13-11-21/h4-14,19-20,27,36H,15-18H2,1-3H3,(H2,32,33,38)/t19-,20+,27-/m0/s1. The Balaban J connectivity index is 1.55. The molecule has 0 radical (unpaired) electrons. The van der Waals surface area contributed by atoms with Crippen molar-refractivity contribution in [1.29, 1.82) is 0 Å². The van der Waals surface area contributed by atoms with Gasteiger partial charge in [0.15, 0.2) is 0 Å². The van der Waals surface area contributed by atoms with E-state index in [0.717, 1.165) is 5.56 Å². The minimum atomic E-state index is -0.536. The molecule has 0 unspecified atom stereocenters. The van der Waals surface area contributed by atoms with Crippen molar-refractivity contribution in [2.45, 2.75) is 32.5 Å². The second-order valence-electron chi connectivity index (χ2n) is 9.97. The number of aromatic nitrogens is 1. The highest BCUT2D eigenvalue weighted by Crippen LogP contribution is 2.31. The third-order valence-corrected chi connectivity index (χ3v) is 6.72. The molecule has 0 spiro atoms. The van der Waals surface area contributed by atoms with Crippen LogP contribution in [-0.2, 0) is 6.54 Å². The molecule has 2 aromatic carbocycles. The van der Waals surface area contributed by atoms with Gasteiger partial charge in [-0.2, -0.15) is 0 Å². The van der Waals surface area contributed by atoms with Gasteiger partial charge in [0.05, 0.1) is 18.2 Å². The summed E-state index contributed by atoms with van der Waals surface area (Å²) in [5, 5.41) is 15.2. The molecule has 0 fully saturated rings. The number of aliphatic hydroxyl groups excluding tert-OH is 1. The molecule has 9 nitrogen and oxygen atoms in total. The Bertz CT molecular complexity index is 1270. The summed E-state index contributed by atoms with van der Waals surface area (Å²) in [6.45, 7) is 5.38. The summed E-state index contributed by atoms with van der Waals surface area (Å²) in [6, 6.07) is 13.3. The van der Waals surface area contributed by atoms with Gasteiger partial charge in [-0.1, -0.05) is 6.92 Å². The Morgan fingerprint density at radius 3 is 2.51 bits per heavy atom. The smallest absolute Gasteiger partial charge is 0.323 e. The van der Waals surface area contributed by atoms with Crippen LogP contribution in [0.15, 0.2) is 67.0 Å². The number of rotatable bonds is 8. The lowest BCUT2D eigenvalue weighted by Gasteiger charge is -2.38. The number of nitrogens with one attached hydrogen (secondary N) is 2. The first-order valence-corrected chi connectivity index (χ1v) is 12.9. The number of nitrogens with zero attached hydrogens (tertiary/aromatic N) is 3. The highest BCUT2D eigenvalue weighted by Gasteiger charge is 2.33. The van der Waals surface area contributed by atoms with Crippen molar-refractivity contribution < 1.29 is 23.8 Å². The minimum absolute atomic E-state index is 0.0183. The molecule has 0 saturated heterocycles. The summed E-state index contributed by atoms with van der Waals surface area (Å²) < 4.78 is 19.6. The molecule has 206 valence electrons. The van der Waals surface area contributed by atoms with Crippen LogP contribution in [0.25, 0.3) is 0 Å². The molecule has 3 N–H and O–H groups in total. The van der Waals surface area contributed by atoms with Crippen LogP contribution in [-0.4, -0.2) is 70.7 Å². The fourth-order valence-electron chi connectivity index (χ4n) is 4.52. The lowest BCUT2D eigenvalue weighted by molar-refractivity contribution is 0.0341. The molecule has 0 bridgehead atoms. The van der Waals surface area contributed by atoms with E-state index in [4.69, 9.17) is 4.74 Å². The van der Waals surface area contributed by atoms with Gasteiger partial charge in [-0.15, -0.1) is 0 Å². The molecule has 3 aromatic rings. The monoisotopic (exact) mass is 535 g/mol. The summed E-state index contributed by atoms with van der Waals surface area (Å²) in [4.78, 5) is 34.1. The van der Waals surface area contributed by atoms with E-state index in [0.29, 0.717) is 42.3 Å². The van der Waals surface area contributed by atoms with Gasteiger partial charge in [-0.25, -0.2) is 9.18 Å². The van der Waals surface area contributed by atoms with Gasteiger partial charge >= 0.3 is 6.03 Å². The van der Waals surface area contributed by atoms with Gasteiger partial charge in [0.25, 0.3) is 5.91 Å². The van der Waals surface area contributed by atoms with Crippen molar-refractivity contribution >= 4 is 23.3 Å². The third kappa shape index (κ3) is 7.30. The minimum Gasteiger partial charge on any atom is -0.488 e. The number of hydrogen-bond acceptors (Lipinski definition) is 6. The van der Waals surface area contributed by atoms with Crippen molar-refractivity contribution in [3.8, 4) is 5.75 Å². The maximum Gasteiger partial charge on any atom is 0.323 e. The number of carbonyl (C=O) groups is 2. The molecule has 0 aliphatic carbocycles. The Hall–Kier alpha value is -4.02. The molecule has 2 heterocycles. The highest BCUT2D eigenvalue weighted by molar-refractivity contribution is 6.02. The number of urea groups is 1. The van der Waals surface area contributed by atoms with Gasteiger partial charge in [0, 0.05) is 49.3 Å². The molecule has 1 aromatic heterocycles. The summed E-state index contributed by atoms with van der Waals surface area (Å²) in [6.07, 6.45) is 3.29. The molecule has 39 heavy (non-hydrogen) atoms. The summed E-state index contributed by atoms with van der Waals surface area (Å²) in [5.74, 6) is -0.299. The first kappa shape index (κ1) is 28.0. The maximum absolute atomic E-state index is 13.6. The zero-order valence-electron chi connectivity index (χ0n) is 22.3. The van der Waals surface area contributed by atoms with Crippen molar-refractivity contribution in [3.05, 3.63) is 83.9 Å². The number of halogens is 1. The zero-order chi connectivity index (χ0) is 27.9. The second-order valence-corrected chi connectivity index (χ2v) is 9.97. The van der Waals surface area contributed by atoms with E-state index in [1.165, 1.54) is 24.3 Å². The SMILES string of the molecule is C[C@H](CO)N1C[C@H](C)[C@H](CN(C)Cc2ccncc2)Oc2ccc(NC(=O)Nc3ccc(F)cc3)cc2C1=O. The number of fused-ring (bicyclic) bond motifs is 1. The van der Waals surface area contributed by atoms with Crippen LogP contribution in [0.2, 0.25) is 0 Å². The van der Waals surface area contributed by atoms with E-state index >= 15 is 0 Å². The average molecular weight is 536 g/mol. The number of likely N-dealkylation sites (N-methyl/N-ethyl adjacent to an activating group) is 1. The Morgan fingerprint density at radius 2 is 1.82 bits per heavy atom. The van der Waals surface area contributed by atoms with Crippen LogP contribution < -0.4 is 15.4 Å². The van der Waals surface area contributed by atoms with Crippen LogP contribution in [0.4, 0.5) is 20.6 Å². The average Bonchev–Trinajstić information content (AvgIpc) is 2.92. The number of hydrogen-bond donors (Lipinski definition) is 3. The van der Waals surface area contributed by atoms with Crippen LogP contribution in [0, 0.1) is 11.7 Å². The fourth-order valence-corrected chi connectivity index (χ4v) is 4.52. The molecule has 1 aliphatic heterocycles. The van der Waals surface area contributed by atoms with E-state index in [-0.39, 0.29) is 24.5 Å². The number of anilines is 2. The van der Waals surface area contributed by atoms with Crippen molar-refractivity contribution in [2.75, 3.05) is 37.4 Å². The first-order valence-electron chi connectivity index (χ1n) is 12.9. The van der Waals surface area contributed by atoms with Gasteiger partial charge < -0.3 is 25.4 Å².